The van der Waals surface area contributed by atoms with Crippen molar-refractivity contribution in [3.8, 4) is 17.2 Å². The van der Waals surface area contributed by atoms with Gasteiger partial charge in [-0.05, 0) is 110 Å². The number of hydrogen-bond acceptors (Lipinski definition) is 5. The highest BCUT2D eigenvalue weighted by atomic mass is 32.2. The molecule has 10 rings (SSSR count). The molecule has 5 aliphatic carbocycles. The summed E-state index contributed by atoms with van der Waals surface area (Å²) in [6, 6.07) is 26.1. The number of fused-ring (bicyclic) bond motifs is 4. The molecule has 1 amide bonds. The molecule has 4 bridgehead atoms. The minimum absolute atomic E-state index is 0.00740. The number of rotatable bonds is 9. The van der Waals surface area contributed by atoms with Gasteiger partial charge in [0, 0.05) is 23.3 Å². The number of anilines is 2. The molecule has 244 valence electrons. The Morgan fingerprint density at radius 1 is 0.936 bits per heavy atom. The minimum Gasteiger partial charge on any atom is -0.370 e. The molecule has 0 spiro atoms. The van der Waals surface area contributed by atoms with Gasteiger partial charge in [0.25, 0.3) is 0 Å². The van der Waals surface area contributed by atoms with Crippen LogP contribution in [0.1, 0.15) is 68.9 Å². The van der Waals surface area contributed by atoms with E-state index in [0.717, 1.165) is 67.2 Å². The molecule has 7 fully saturated rings. The first-order valence-corrected chi connectivity index (χ1v) is 18.7. The molecule has 0 radical (unpaired) electrons. The Morgan fingerprint density at radius 2 is 1.62 bits per heavy atom. The molecule has 1 unspecified atom stereocenters. The number of amides is 1. The van der Waals surface area contributed by atoms with Crippen molar-refractivity contribution in [3.63, 3.8) is 0 Å². The van der Waals surface area contributed by atoms with Crippen molar-refractivity contribution in [2.24, 2.45) is 16.7 Å². The third-order valence-electron chi connectivity index (χ3n) is 12.0. The van der Waals surface area contributed by atoms with Crippen molar-refractivity contribution in [2.45, 2.75) is 75.0 Å². The van der Waals surface area contributed by atoms with Gasteiger partial charge in [0.05, 0.1) is 35.4 Å². The lowest BCUT2D eigenvalue weighted by molar-refractivity contribution is -0.187. The molecule has 3 aromatic rings. The number of halogens is 1. The smallest absolute Gasteiger partial charge is 0.233 e. The van der Waals surface area contributed by atoms with Crippen LogP contribution in [0.2, 0.25) is 0 Å². The van der Waals surface area contributed by atoms with Crippen molar-refractivity contribution >= 4 is 27.3 Å². The fraction of sp³-hybridized carbons (Fsp3) is 0.474. The molecule has 0 aromatic heterocycles. The minimum atomic E-state index is -3.38. The van der Waals surface area contributed by atoms with Crippen LogP contribution in [0.5, 0.6) is 0 Å². The quantitative estimate of drug-likeness (QED) is 0.263. The predicted molar refractivity (Wildman–Crippen MR) is 179 cm³/mol. The number of benzene rings is 3. The number of sulfonamides is 1. The van der Waals surface area contributed by atoms with Crippen LogP contribution in [0, 0.1) is 28.1 Å². The topological polar surface area (TPSA) is 99.5 Å². The normalized spacial score (nSPS) is 31.4. The third-order valence-corrected chi connectivity index (χ3v) is 12.6. The highest BCUT2D eigenvalue weighted by Crippen LogP contribution is 2.62. The van der Waals surface area contributed by atoms with Crippen molar-refractivity contribution in [1.82, 2.24) is 0 Å². The van der Waals surface area contributed by atoms with Gasteiger partial charge in [0.15, 0.2) is 0 Å². The van der Waals surface area contributed by atoms with E-state index in [1.165, 1.54) is 5.56 Å². The third kappa shape index (κ3) is 5.25. The van der Waals surface area contributed by atoms with E-state index in [1.807, 2.05) is 41.3 Å². The Kier molecular flexibility index (Phi) is 6.92. The Labute approximate surface area is 276 Å². The van der Waals surface area contributed by atoms with E-state index in [2.05, 4.69) is 35.1 Å². The van der Waals surface area contributed by atoms with Crippen LogP contribution in [-0.4, -0.2) is 39.9 Å². The van der Waals surface area contributed by atoms with Crippen LogP contribution >= 0.6 is 0 Å². The maximum absolute atomic E-state index is 14.7. The van der Waals surface area contributed by atoms with E-state index < -0.39 is 21.6 Å². The summed E-state index contributed by atoms with van der Waals surface area (Å²) in [5.74, 6) is 0.0182. The van der Waals surface area contributed by atoms with E-state index in [-0.39, 0.29) is 28.3 Å². The first-order chi connectivity index (χ1) is 22.5. The molecular formula is C38H40FN3O4S. The SMILES string of the molecule is CS(=O)(=O)Nc1ccc(-c2cccc(N(CC34CCC(c5ccc(C6(C#N)CC6)cc5)(CC3)OC4)C(=O)C34CC(F)C(C3)C4)c2)cc1. The molecule has 9 heteroatoms. The molecule has 7 nitrogen and oxygen atoms in total. The summed E-state index contributed by atoms with van der Waals surface area (Å²) < 4.78 is 47.3. The van der Waals surface area contributed by atoms with Crippen LogP contribution in [0.4, 0.5) is 15.8 Å². The average molecular weight is 654 g/mol. The summed E-state index contributed by atoms with van der Waals surface area (Å²) in [6.07, 6.45) is 7.19. The van der Waals surface area contributed by atoms with Crippen molar-refractivity contribution in [2.75, 3.05) is 29.0 Å². The lowest BCUT2D eigenvalue weighted by Gasteiger charge is -2.55. The Hall–Kier alpha value is -3.74. The maximum atomic E-state index is 14.7. The molecular weight excluding hydrogens is 614 g/mol. The standard InChI is InChI=1S/C38H40FN3O4S/c1-47(44,45)41-31-11-5-26(6-12-31)27-3-2-4-32(19-27)42(34(43)37-20-28(21-37)33(39)22-37)24-35-13-17-38(18-14-35,46-25-35)30-9-7-29(8-10-30)36(23-40)15-16-36/h2-12,19,28,33,41H,13-18,20-22,24-25H2,1H3. The highest BCUT2D eigenvalue weighted by molar-refractivity contribution is 7.92. The van der Waals surface area contributed by atoms with Crippen LogP contribution in [0.3, 0.4) is 0 Å². The van der Waals surface area contributed by atoms with Gasteiger partial charge >= 0.3 is 0 Å². The molecule has 2 saturated heterocycles. The van der Waals surface area contributed by atoms with Gasteiger partial charge in [-0.15, -0.1) is 0 Å². The van der Waals surface area contributed by atoms with Crippen LogP contribution < -0.4 is 9.62 Å². The number of carbonyl (C=O) groups excluding carboxylic acids is 1. The van der Waals surface area contributed by atoms with Crippen molar-refractivity contribution in [3.05, 3.63) is 83.9 Å². The van der Waals surface area contributed by atoms with Gasteiger partial charge in [-0.1, -0.05) is 48.5 Å². The number of hydrogen-bond donors (Lipinski definition) is 1. The summed E-state index contributed by atoms with van der Waals surface area (Å²) >= 11 is 0. The number of ether oxygens (including phenoxy) is 1. The van der Waals surface area contributed by atoms with E-state index in [4.69, 9.17) is 4.74 Å². The number of carbonyl (C=O) groups is 1. The fourth-order valence-corrected chi connectivity index (χ4v) is 9.46. The molecule has 7 aliphatic rings. The van der Waals surface area contributed by atoms with E-state index in [0.29, 0.717) is 38.1 Å². The van der Waals surface area contributed by atoms with Crippen molar-refractivity contribution in [1.29, 1.82) is 5.26 Å². The molecule has 2 heterocycles. The number of nitriles is 1. The van der Waals surface area contributed by atoms with Gasteiger partial charge in [-0.2, -0.15) is 5.26 Å². The second kappa shape index (κ2) is 10.6. The van der Waals surface area contributed by atoms with Crippen LogP contribution in [-0.2, 0) is 30.6 Å². The molecule has 2 aliphatic heterocycles. The van der Waals surface area contributed by atoms with E-state index in [9.17, 15) is 22.9 Å². The molecule has 5 saturated carbocycles. The van der Waals surface area contributed by atoms with Crippen LogP contribution in [0.25, 0.3) is 11.1 Å². The van der Waals surface area contributed by atoms with Gasteiger partial charge in [-0.3, -0.25) is 9.52 Å². The first kappa shape index (κ1) is 30.6. The maximum Gasteiger partial charge on any atom is 0.233 e. The monoisotopic (exact) mass is 653 g/mol. The molecule has 3 aromatic carbocycles. The second-order valence-corrected chi connectivity index (χ2v) is 16.9. The Balaban J connectivity index is 1.05. The second-order valence-electron chi connectivity index (χ2n) is 15.1. The van der Waals surface area contributed by atoms with Crippen LogP contribution in [0.15, 0.2) is 72.8 Å². The molecule has 1 N–H and O–H groups in total. The van der Waals surface area contributed by atoms with Crippen molar-refractivity contribution < 1.29 is 22.3 Å². The molecule has 1 atom stereocenters. The average Bonchev–Trinajstić information content (AvgIpc) is 3.71. The summed E-state index contributed by atoms with van der Waals surface area (Å²) in [4.78, 5) is 16.4. The summed E-state index contributed by atoms with van der Waals surface area (Å²) in [6.45, 7) is 1.08. The zero-order valence-corrected chi connectivity index (χ0v) is 27.5. The summed E-state index contributed by atoms with van der Waals surface area (Å²) in [5.41, 5.74) is 3.89. The largest absolute Gasteiger partial charge is 0.370 e. The molecule has 47 heavy (non-hydrogen) atoms. The van der Waals surface area contributed by atoms with Gasteiger partial charge in [0.2, 0.25) is 15.9 Å². The summed E-state index contributed by atoms with van der Waals surface area (Å²) in [7, 11) is -3.38. The zero-order valence-electron chi connectivity index (χ0n) is 26.7. The fourth-order valence-electron chi connectivity index (χ4n) is 8.89. The number of alkyl halides is 1. The predicted octanol–water partition coefficient (Wildman–Crippen LogP) is 7.24. The first-order valence-electron chi connectivity index (χ1n) is 16.8. The zero-order chi connectivity index (χ0) is 32.7. The Morgan fingerprint density at radius 3 is 2.17 bits per heavy atom. The number of nitrogens with one attached hydrogen (secondary N) is 1. The highest BCUT2D eigenvalue weighted by Gasteiger charge is 2.62. The lowest BCUT2D eigenvalue weighted by Crippen LogP contribution is -2.57. The summed E-state index contributed by atoms with van der Waals surface area (Å²) in [5, 5.41) is 9.63. The van der Waals surface area contributed by atoms with E-state index >= 15 is 0 Å². The lowest BCUT2D eigenvalue weighted by atomic mass is 9.63. The Bertz CT molecular complexity index is 1850. The van der Waals surface area contributed by atoms with E-state index in [1.54, 1.807) is 12.1 Å². The van der Waals surface area contributed by atoms with Gasteiger partial charge < -0.3 is 9.64 Å². The van der Waals surface area contributed by atoms with Gasteiger partial charge in [0.1, 0.15) is 6.17 Å². The number of nitrogens with zero attached hydrogens (tertiary/aromatic N) is 2. The van der Waals surface area contributed by atoms with Gasteiger partial charge in [-0.25, -0.2) is 12.8 Å².